The van der Waals surface area contributed by atoms with E-state index in [-0.39, 0.29) is 5.34 Å². The minimum Gasteiger partial charge on any atom is -0.211 e. The van der Waals surface area contributed by atoms with Crippen molar-refractivity contribution >= 4 is 46.6 Å². The van der Waals surface area contributed by atoms with Gasteiger partial charge in [0.05, 0.1) is 11.0 Å². The minimum absolute atomic E-state index is 0.194. The molecule has 0 saturated heterocycles. The fourth-order valence-electron chi connectivity index (χ4n) is 0.568. The molecule has 0 aromatic heterocycles. The summed E-state index contributed by atoms with van der Waals surface area (Å²) in [6.07, 6.45) is 1.44. The van der Waals surface area contributed by atoms with Gasteiger partial charge in [0.25, 0.3) is 0 Å². The van der Waals surface area contributed by atoms with Gasteiger partial charge in [0.15, 0.2) is 0 Å². The maximum atomic E-state index is 9.73. The van der Waals surface area contributed by atoms with Crippen molar-refractivity contribution in [3.63, 3.8) is 0 Å². The number of rotatable bonds is 1. The number of alkyl halides is 2. The molecule has 0 unspecified atom stereocenters. The third-order valence-corrected chi connectivity index (χ3v) is 1.25. The van der Waals surface area contributed by atoms with Gasteiger partial charge in [-0.25, -0.2) is 4.79 Å². The molecule has 0 aliphatic rings. The zero-order chi connectivity index (χ0) is 10.1. The van der Waals surface area contributed by atoms with E-state index in [9.17, 15) is 4.79 Å². The second-order valence-corrected chi connectivity index (χ2v) is 3.03. The summed E-state index contributed by atoms with van der Waals surface area (Å²) >= 11 is 15.1. The molecule has 1 rings (SSSR count). The average Bonchev–Trinajstić information content (AvgIpc) is 2.11. The Morgan fingerprint density at radius 1 is 1.23 bits per heavy atom. The van der Waals surface area contributed by atoms with E-state index in [1.807, 2.05) is 0 Å². The summed E-state index contributed by atoms with van der Waals surface area (Å²) in [5.41, 5.74) is 0.569. The Morgan fingerprint density at radius 2 is 1.69 bits per heavy atom. The highest BCUT2D eigenvalue weighted by atomic mass is 35.5. The molecule has 1 aromatic carbocycles. The Balaban J connectivity index is 0.000000424. The summed E-state index contributed by atoms with van der Waals surface area (Å²) in [4.78, 5) is 13.1. The summed E-state index contributed by atoms with van der Waals surface area (Å²) < 4.78 is 0. The first kappa shape index (κ1) is 12.5. The van der Waals surface area contributed by atoms with Crippen molar-refractivity contribution in [2.24, 2.45) is 4.99 Å². The van der Waals surface area contributed by atoms with Gasteiger partial charge in [0.2, 0.25) is 6.08 Å². The molecule has 0 radical (unpaired) electrons. The van der Waals surface area contributed by atoms with Gasteiger partial charge in [-0.15, -0.1) is 23.2 Å². The SMILES string of the molecule is ClCCl.O=C=Nc1ccc(Cl)cc1. The van der Waals surface area contributed by atoms with Crippen LogP contribution in [0.1, 0.15) is 0 Å². The second-order valence-electron chi connectivity index (χ2n) is 1.78. The molecule has 5 heteroatoms. The summed E-state index contributed by atoms with van der Waals surface area (Å²) in [6, 6.07) is 6.62. The lowest BCUT2D eigenvalue weighted by molar-refractivity contribution is 0.565. The number of carbonyl (C=O) groups excluding carboxylic acids is 1. The van der Waals surface area contributed by atoms with E-state index < -0.39 is 0 Å². The smallest absolute Gasteiger partial charge is 0.211 e. The third-order valence-electron chi connectivity index (χ3n) is 1.00. The molecule has 0 amide bonds. The molecule has 1 aromatic rings. The van der Waals surface area contributed by atoms with Crippen molar-refractivity contribution in [2.45, 2.75) is 0 Å². The van der Waals surface area contributed by atoms with Gasteiger partial charge in [-0.05, 0) is 24.3 Å². The van der Waals surface area contributed by atoms with Crippen LogP contribution in [0, 0.1) is 0 Å². The number of nitrogens with zero attached hydrogens (tertiary/aromatic N) is 1. The number of hydrogen-bond donors (Lipinski definition) is 0. The van der Waals surface area contributed by atoms with E-state index in [0.29, 0.717) is 10.7 Å². The first-order valence-electron chi connectivity index (χ1n) is 3.20. The van der Waals surface area contributed by atoms with Gasteiger partial charge in [0, 0.05) is 5.02 Å². The normalized spacial score (nSPS) is 7.92. The number of aliphatic imine (C=N–C) groups is 1. The summed E-state index contributed by atoms with van der Waals surface area (Å²) in [6.45, 7) is 0. The summed E-state index contributed by atoms with van der Waals surface area (Å²) in [5, 5.41) is 0.824. The highest BCUT2D eigenvalue weighted by molar-refractivity contribution is 6.40. The van der Waals surface area contributed by atoms with Crippen LogP contribution in [0.25, 0.3) is 0 Å². The lowest BCUT2D eigenvalue weighted by atomic mass is 10.3. The number of isocyanates is 1. The predicted molar refractivity (Wildman–Crippen MR) is 55.8 cm³/mol. The monoisotopic (exact) mass is 237 g/mol. The molecule has 0 N–H and O–H groups in total. The Morgan fingerprint density at radius 3 is 2.08 bits per heavy atom. The fraction of sp³-hybridized carbons (Fsp3) is 0.125. The molecule has 0 atom stereocenters. The van der Waals surface area contributed by atoms with Crippen LogP contribution < -0.4 is 0 Å². The Hall–Kier alpha value is -0.530. The maximum absolute atomic E-state index is 9.73. The Kier molecular flexibility index (Phi) is 7.76. The van der Waals surface area contributed by atoms with Crippen molar-refractivity contribution < 1.29 is 4.79 Å². The summed E-state index contributed by atoms with van der Waals surface area (Å²) in [5.74, 6) is 0. The highest BCUT2D eigenvalue weighted by Crippen LogP contribution is 2.14. The van der Waals surface area contributed by atoms with Crippen molar-refractivity contribution in [3.05, 3.63) is 29.3 Å². The standard InChI is InChI=1S/C7H4ClNO.CH2Cl2/c8-6-1-3-7(4-2-6)9-5-10;2-1-3/h1-4H;1H2. The number of halogens is 3. The number of benzene rings is 1. The van der Waals surface area contributed by atoms with Crippen molar-refractivity contribution in [1.29, 1.82) is 0 Å². The minimum atomic E-state index is 0.194. The van der Waals surface area contributed by atoms with Crippen LogP contribution in [0.3, 0.4) is 0 Å². The molecular weight excluding hydrogens is 232 g/mol. The molecule has 0 fully saturated rings. The van der Waals surface area contributed by atoms with Gasteiger partial charge < -0.3 is 0 Å². The molecule has 0 heterocycles. The lowest BCUT2D eigenvalue weighted by Crippen LogP contribution is -1.62. The van der Waals surface area contributed by atoms with Crippen LogP contribution in [-0.4, -0.2) is 11.4 Å². The molecule has 0 bridgehead atoms. The lowest BCUT2D eigenvalue weighted by Gasteiger charge is -1.88. The van der Waals surface area contributed by atoms with E-state index in [0.717, 1.165) is 0 Å². The van der Waals surface area contributed by atoms with E-state index >= 15 is 0 Å². The van der Waals surface area contributed by atoms with Gasteiger partial charge in [-0.1, -0.05) is 11.6 Å². The number of hydrogen-bond acceptors (Lipinski definition) is 2. The molecule has 0 spiro atoms. The van der Waals surface area contributed by atoms with Gasteiger partial charge in [-0.3, -0.25) is 0 Å². The molecule has 2 nitrogen and oxygen atoms in total. The first-order valence-corrected chi connectivity index (χ1v) is 4.64. The van der Waals surface area contributed by atoms with Gasteiger partial charge >= 0.3 is 0 Å². The van der Waals surface area contributed by atoms with Gasteiger partial charge in [-0.2, -0.15) is 4.99 Å². The molecule has 0 aliphatic heterocycles. The van der Waals surface area contributed by atoms with Crippen LogP contribution in [0.5, 0.6) is 0 Å². The Bertz CT molecular complexity index is 280. The zero-order valence-corrected chi connectivity index (χ0v) is 8.77. The van der Waals surface area contributed by atoms with Crippen molar-refractivity contribution in [3.8, 4) is 0 Å². The molecular formula is C8H6Cl3NO. The second kappa shape index (κ2) is 8.09. The van der Waals surface area contributed by atoms with E-state index in [2.05, 4.69) is 4.99 Å². The zero-order valence-electron chi connectivity index (χ0n) is 6.51. The van der Waals surface area contributed by atoms with Crippen LogP contribution in [0.2, 0.25) is 5.02 Å². The van der Waals surface area contributed by atoms with Crippen molar-refractivity contribution in [1.82, 2.24) is 0 Å². The average molecular weight is 239 g/mol. The molecule has 0 saturated carbocycles. The first-order chi connectivity index (χ1) is 6.24. The van der Waals surface area contributed by atoms with Crippen molar-refractivity contribution in [2.75, 3.05) is 5.34 Å². The topological polar surface area (TPSA) is 29.4 Å². The van der Waals surface area contributed by atoms with E-state index in [1.165, 1.54) is 6.08 Å². The fourth-order valence-corrected chi connectivity index (χ4v) is 0.694. The highest BCUT2D eigenvalue weighted by Gasteiger charge is 1.86. The molecule has 13 heavy (non-hydrogen) atoms. The van der Waals surface area contributed by atoms with Crippen LogP contribution in [0.15, 0.2) is 29.3 Å². The summed E-state index contributed by atoms with van der Waals surface area (Å²) in [7, 11) is 0. The van der Waals surface area contributed by atoms with E-state index in [4.69, 9.17) is 34.8 Å². The van der Waals surface area contributed by atoms with Crippen LogP contribution in [-0.2, 0) is 4.79 Å². The largest absolute Gasteiger partial charge is 0.240 e. The van der Waals surface area contributed by atoms with Gasteiger partial charge in [0.1, 0.15) is 0 Å². The third kappa shape index (κ3) is 6.62. The Labute approximate surface area is 91.1 Å². The van der Waals surface area contributed by atoms with Crippen LogP contribution in [0.4, 0.5) is 5.69 Å². The van der Waals surface area contributed by atoms with E-state index in [1.54, 1.807) is 24.3 Å². The quantitative estimate of drug-likeness (QED) is 0.416. The van der Waals surface area contributed by atoms with Crippen LogP contribution >= 0.6 is 34.8 Å². The molecule has 70 valence electrons. The molecule has 0 aliphatic carbocycles. The predicted octanol–water partition coefficient (Wildman–Crippen LogP) is 3.73. The maximum Gasteiger partial charge on any atom is 0.240 e.